The summed E-state index contributed by atoms with van der Waals surface area (Å²) in [5, 5.41) is 30.7. The Morgan fingerprint density at radius 3 is 1.62 bits per heavy atom. The summed E-state index contributed by atoms with van der Waals surface area (Å²) in [7, 11) is 0. The average Bonchev–Trinajstić information content (AvgIpc) is 4.01. The Labute approximate surface area is 369 Å². The van der Waals surface area contributed by atoms with Gasteiger partial charge in [0, 0.05) is 13.0 Å². The molecule has 6 saturated carbocycles. The van der Waals surface area contributed by atoms with Crippen molar-refractivity contribution in [3.63, 3.8) is 0 Å². The molecule has 0 spiro atoms. The number of hydrogen-bond acceptors (Lipinski definition) is 14. The number of aliphatic hydroxyl groups is 1. The van der Waals surface area contributed by atoms with Gasteiger partial charge in [0.1, 0.15) is 0 Å². The van der Waals surface area contributed by atoms with E-state index in [1.807, 2.05) is 41.5 Å². The number of carboxylic acids is 2. The summed E-state index contributed by atoms with van der Waals surface area (Å²) in [4.78, 5) is 95.8. The summed E-state index contributed by atoms with van der Waals surface area (Å²) in [6, 6.07) is 0. The van der Waals surface area contributed by atoms with Crippen molar-refractivity contribution >= 4 is 41.8 Å². The molecule has 21 atom stereocenters. The summed E-state index contributed by atoms with van der Waals surface area (Å²) >= 11 is 0. The van der Waals surface area contributed by atoms with E-state index in [-0.39, 0.29) is 61.6 Å². The number of carbonyl (C=O) groups is 7. The normalized spacial score (nSPS) is 42.3. The Kier molecular flexibility index (Phi) is 13.0. The van der Waals surface area contributed by atoms with Gasteiger partial charge < -0.3 is 43.7 Å². The first-order chi connectivity index (χ1) is 29.4. The standard InChI is InChI=1S/C47H68O16/c1-18-23-16-26(38(45(57)60-21(4)63-47(8,9)10)37(23)44(56)59-20(3)62-46(5,6)7)29(18)31-22-14-24(25(15-22)42(54)58-13-11-12-48)32(31)34-28-17-27(35(39(49)50)36(28)40(51)52)33(34)30-19(2)41(53)61-43(30)55/h18-38,48H,11-17H2,1-10H3,(H,49,50)(H,51,52). The summed E-state index contributed by atoms with van der Waals surface area (Å²) in [5.41, 5.74) is -1.26. The summed E-state index contributed by atoms with van der Waals surface area (Å²) in [5.74, 6) is -17.4. The van der Waals surface area contributed by atoms with E-state index >= 15 is 0 Å². The van der Waals surface area contributed by atoms with Gasteiger partial charge >= 0.3 is 41.8 Å². The number of aliphatic hydroxyl groups excluding tert-OH is 1. The highest BCUT2D eigenvalue weighted by atomic mass is 16.7. The van der Waals surface area contributed by atoms with Gasteiger partial charge in [-0.15, -0.1) is 0 Å². The highest BCUT2D eigenvalue weighted by molar-refractivity contribution is 5.96. The maximum Gasteiger partial charge on any atom is 0.317 e. The largest absolute Gasteiger partial charge is 0.481 e. The highest BCUT2D eigenvalue weighted by Gasteiger charge is 2.74. The minimum absolute atomic E-state index is 0.0183. The van der Waals surface area contributed by atoms with E-state index in [0.29, 0.717) is 19.3 Å². The van der Waals surface area contributed by atoms with Crippen molar-refractivity contribution in [2.75, 3.05) is 13.2 Å². The number of carboxylic acid groups (broad SMARTS) is 2. The van der Waals surface area contributed by atoms with Gasteiger partial charge in [-0.05, 0) is 152 Å². The second kappa shape index (κ2) is 17.3. The van der Waals surface area contributed by atoms with Crippen molar-refractivity contribution in [3.05, 3.63) is 0 Å². The third-order valence-electron chi connectivity index (χ3n) is 16.3. The number of cyclic esters (lactones) is 2. The van der Waals surface area contributed by atoms with E-state index in [1.54, 1.807) is 20.8 Å². The Bertz CT molecular complexity index is 1830. The van der Waals surface area contributed by atoms with Crippen LogP contribution in [-0.2, 0) is 62.0 Å². The van der Waals surface area contributed by atoms with Crippen LogP contribution in [-0.4, -0.2) is 94.1 Å². The molecule has 7 fully saturated rings. The molecule has 0 aromatic rings. The molecule has 1 heterocycles. The van der Waals surface area contributed by atoms with Crippen molar-refractivity contribution in [1.82, 2.24) is 0 Å². The molecule has 1 aliphatic heterocycles. The molecule has 1 saturated heterocycles. The fourth-order valence-electron chi connectivity index (χ4n) is 15.1. The number of ether oxygens (including phenoxy) is 6. The molecule has 3 N–H and O–H groups in total. The zero-order valence-corrected chi connectivity index (χ0v) is 38.2. The zero-order chi connectivity index (χ0) is 46.4. The molecule has 0 aromatic carbocycles. The predicted octanol–water partition coefficient (Wildman–Crippen LogP) is 4.96. The second-order valence-corrected chi connectivity index (χ2v) is 21.9. The van der Waals surface area contributed by atoms with Crippen molar-refractivity contribution in [2.24, 2.45) is 112 Å². The van der Waals surface area contributed by atoms with Gasteiger partial charge in [-0.2, -0.15) is 0 Å². The molecule has 16 heteroatoms. The summed E-state index contributed by atoms with van der Waals surface area (Å²) in [6.45, 7) is 17.9. The van der Waals surface area contributed by atoms with Gasteiger partial charge in [0.15, 0.2) is 0 Å². The van der Waals surface area contributed by atoms with Crippen LogP contribution in [0.5, 0.6) is 0 Å². The Morgan fingerprint density at radius 1 is 0.635 bits per heavy atom. The fourth-order valence-corrected chi connectivity index (χ4v) is 15.1. The minimum atomic E-state index is -1.30. The number of fused-ring (bicyclic) bond motifs is 6. The number of carbonyl (C=O) groups excluding carboxylic acids is 5. The van der Waals surface area contributed by atoms with E-state index in [4.69, 9.17) is 28.4 Å². The fraction of sp³-hybridized carbons (Fsp3) is 0.851. The molecule has 0 amide bonds. The molecule has 7 rings (SSSR count). The topological polar surface area (TPSA) is 236 Å². The van der Waals surface area contributed by atoms with Gasteiger partial charge in [-0.3, -0.25) is 33.6 Å². The van der Waals surface area contributed by atoms with Gasteiger partial charge in [-0.1, -0.05) is 13.8 Å². The van der Waals surface area contributed by atoms with Crippen LogP contribution in [0.2, 0.25) is 0 Å². The highest BCUT2D eigenvalue weighted by Crippen LogP contribution is 2.74. The van der Waals surface area contributed by atoms with Crippen LogP contribution in [0.1, 0.15) is 101 Å². The molecule has 0 aromatic heterocycles. The molecule has 63 heavy (non-hydrogen) atoms. The minimum Gasteiger partial charge on any atom is -0.481 e. The first-order valence-electron chi connectivity index (χ1n) is 23.1. The first-order valence-corrected chi connectivity index (χ1v) is 23.1. The summed E-state index contributed by atoms with van der Waals surface area (Å²) < 4.78 is 34.8. The van der Waals surface area contributed by atoms with Crippen LogP contribution in [0.3, 0.4) is 0 Å². The number of hydrogen-bond donors (Lipinski definition) is 3. The first kappa shape index (κ1) is 47.3. The molecule has 6 bridgehead atoms. The van der Waals surface area contributed by atoms with E-state index in [0.717, 1.165) is 0 Å². The van der Waals surface area contributed by atoms with Gasteiger partial charge in [-0.25, -0.2) is 0 Å². The molecule has 6 aliphatic carbocycles. The third kappa shape index (κ3) is 8.54. The predicted molar refractivity (Wildman–Crippen MR) is 218 cm³/mol. The van der Waals surface area contributed by atoms with E-state index in [2.05, 4.69) is 6.92 Å². The molecule has 21 unspecified atom stereocenters. The van der Waals surface area contributed by atoms with Gasteiger partial charge in [0.2, 0.25) is 12.6 Å². The number of rotatable bonds is 15. The van der Waals surface area contributed by atoms with E-state index < -0.39 is 143 Å². The van der Waals surface area contributed by atoms with Crippen molar-refractivity contribution in [1.29, 1.82) is 0 Å². The molecule has 0 radical (unpaired) electrons. The lowest BCUT2D eigenvalue weighted by Gasteiger charge is -2.52. The Hall–Kier alpha value is -3.63. The lowest BCUT2D eigenvalue weighted by atomic mass is 9.51. The lowest BCUT2D eigenvalue weighted by Crippen LogP contribution is -2.54. The molecule has 7 aliphatic rings. The molecule has 16 nitrogen and oxygen atoms in total. The molecular formula is C47H68O16. The smallest absolute Gasteiger partial charge is 0.317 e. The SMILES string of the molecule is CC(OC(=O)C1C2CC(C1C(=O)OC(C)OC(C)(C)C)C(C1C3CC(C(=O)OCCCO)C(C3)C1C1C3CC(C(C(=O)O)C3C(=O)O)C1C1C(=O)OC(=O)C1C)C2C)OC(C)(C)C. The van der Waals surface area contributed by atoms with Gasteiger partial charge in [0.25, 0.3) is 0 Å². The quantitative estimate of drug-likeness (QED) is 0.0648. The van der Waals surface area contributed by atoms with Crippen LogP contribution in [0.15, 0.2) is 0 Å². The van der Waals surface area contributed by atoms with Gasteiger partial charge in [0.05, 0.1) is 59.2 Å². The van der Waals surface area contributed by atoms with Crippen molar-refractivity contribution in [3.8, 4) is 0 Å². The van der Waals surface area contributed by atoms with Crippen LogP contribution in [0.25, 0.3) is 0 Å². The number of aliphatic carboxylic acids is 2. The van der Waals surface area contributed by atoms with Crippen molar-refractivity contribution in [2.45, 2.75) is 125 Å². The maximum atomic E-state index is 14.6. The van der Waals surface area contributed by atoms with E-state index in [1.165, 1.54) is 0 Å². The second-order valence-electron chi connectivity index (χ2n) is 21.9. The maximum absolute atomic E-state index is 14.6. The zero-order valence-electron chi connectivity index (χ0n) is 38.2. The Balaban J connectivity index is 1.31. The van der Waals surface area contributed by atoms with Crippen LogP contribution >= 0.6 is 0 Å². The van der Waals surface area contributed by atoms with Crippen LogP contribution in [0, 0.1) is 112 Å². The van der Waals surface area contributed by atoms with Crippen LogP contribution in [0.4, 0.5) is 0 Å². The molecule has 352 valence electrons. The Morgan fingerprint density at radius 2 is 1.13 bits per heavy atom. The third-order valence-corrected chi connectivity index (χ3v) is 16.3. The average molecular weight is 889 g/mol. The van der Waals surface area contributed by atoms with Crippen LogP contribution < -0.4 is 0 Å². The molecular weight excluding hydrogens is 821 g/mol. The number of esters is 5. The monoisotopic (exact) mass is 888 g/mol. The summed E-state index contributed by atoms with van der Waals surface area (Å²) in [6.07, 6.45) is 0.171. The lowest BCUT2D eigenvalue weighted by molar-refractivity contribution is -0.215. The van der Waals surface area contributed by atoms with Crippen molar-refractivity contribution < 1.29 is 77.3 Å². The van der Waals surface area contributed by atoms with E-state index in [9.17, 15) is 48.9 Å².